The van der Waals surface area contributed by atoms with Gasteiger partial charge in [0, 0.05) is 0 Å². The number of carbonyl (C=O) groups is 2. The molecular weight excluding hydrogens is 382 g/mol. The lowest BCUT2D eigenvalue weighted by molar-refractivity contribution is -0.0501. The highest BCUT2D eigenvalue weighted by molar-refractivity contribution is 9.11. The highest BCUT2D eigenvalue weighted by Crippen LogP contribution is 2.22. The average molecular weight is 391 g/mol. The Balaban J connectivity index is 2.02. The largest absolute Gasteiger partial charge is 0.434 e. The highest BCUT2D eigenvalue weighted by Gasteiger charge is 2.16. The van der Waals surface area contributed by atoms with Gasteiger partial charge < -0.3 is 4.74 Å². The smallest absolute Gasteiger partial charge is 0.387 e. The molecule has 2 aromatic rings. The van der Waals surface area contributed by atoms with Crippen molar-refractivity contribution in [3.05, 3.63) is 50.6 Å². The number of hydrogen-bond acceptors (Lipinski definition) is 4. The second kappa shape index (κ2) is 7.32. The van der Waals surface area contributed by atoms with Crippen LogP contribution in [-0.4, -0.2) is 18.4 Å². The molecule has 0 aliphatic carbocycles. The summed E-state index contributed by atoms with van der Waals surface area (Å²) in [5.41, 5.74) is 4.23. The van der Waals surface area contributed by atoms with Crippen LogP contribution in [0.3, 0.4) is 0 Å². The van der Waals surface area contributed by atoms with E-state index in [0.29, 0.717) is 4.88 Å². The van der Waals surface area contributed by atoms with Crippen molar-refractivity contribution in [2.24, 2.45) is 0 Å². The number of hydrazine groups is 1. The number of alkyl halides is 2. The molecule has 0 radical (unpaired) electrons. The Labute approximate surface area is 136 Å². The number of thiophene rings is 1. The molecule has 1 heterocycles. The zero-order valence-electron chi connectivity index (χ0n) is 10.8. The third-order valence-electron chi connectivity index (χ3n) is 2.43. The molecule has 2 amide bonds. The van der Waals surface area contributed by atoms with E-state index in [0.717, 1.165) is 3.79 Å². The molecule has 5 nitrogen and oxygen atoms in total. The van der Waals surface area contributed by atoms with Gasteiger partial charge in [-0.25, -0.2) is 0 Å². The zero-order chi connectivity index (χ0) is 16.1. The Morgan fingerprint density at radius 2 is 1.77 bits per heavy atom. The molecule has 0 spiro atoms. The molecule has 0 atom stereocenters. The monoisotopic (exact) mass is 390 g/mol. The number of ether oxygens (including phenoxy) is 1. The Morgan fingerprint density at radius 3 is 2.41 bits per heavy atom. The summed E-state index contributed by atoms with van der Waals surface area (Å²) in [6, 6.07) is 8.75. The van der Waals surface area contributed by atoms with Gasteiger partial charge in [0.15, 0.2) is 0 Å². The van der Waals surface area contributed by atoms with Gasteiger partial charge >= 0.3 is 6.61 Å². The molecule has 2 N–H and O–H groups in total. The number of benzene rings is 1. The molecule has 116 valence electrons. The van der Waals surface area contributed by atoms with E-state index in [-0.39, 0.29) is 11.3 Å². The summed E-state index contributed by atoms with van der Waals surface area (Å²) in [6.07, 6.45) is 0. The van der Waals surface area contributed by atoms with E-state index < -0.39 is 18.4 Å². The normalized spacial score (nSPS) is 10.4. The third-order valence-corrected chi connectivity index (χ3v) is 4.06. The summed E-state index contributed by atoms with van der Waals surface area (Å²) in [7, 11) is 0. The first kappa shape index (κ1) is 16.4. The summed E-state index contributed by atoms with van der Waals surface area (Å²) in [5.74, 6) is -1.56. The molecule has 0 fully saturated rings. The van der Waals surface area contributed by atoms with Crippen LogP contribution in [0.25, 0.3) is 0 Å². The van der Waals surface area contributed by atoms with Crippen LogP contribution in [-0.2, 0) is 0 Å². The maximum absolute atomic E-state index is 12.3. The Kier molecular flexibility index (Phi) is 5.45. The van der Waals surface area contributed by atoms with E-state index >= 15 is 0 Å². The number of nitrogens with one attached hydrogen (secondary N) is 2. The zero-order valence-corrected chi connectivity index (χ0v) is 13.2. The lowest BCUT2D eigenvalue weighted by atomic mass is 10.2. The van der Waals surface area contributed by atoms with E-state index in [1.54, 1.807) is 12.1 Å². The van der Waals surface area contributed by atoms with Gasteiger partial charge in [-0.3, -0.25) is 20.4 Å². The average Bonchev–Trinajstić information content (AvgIpc) is 2.91. The molecule has 22 heavy (non-hydrogen) atoms. The molecule has 0 aliphatic rings. The number of carbonyl (C=O) groups excluding carboxylic acids is 2. The lowest BCUT2D eigenvalue weighted by Crippen LogP contribution is -2.41. The van der Waals surface area contributed by atoms with Crippen molar-refractivity contribution in [3.8, 4) is 5.75 Å². The molecule has 0 saturated carbocycles. The van der Waals surface area contributed by atoms with Crippen molar-refractivity contribution in [1.82, 2.24) is 10.9 Å². The van der Waals surface area contributed by atoms with Crippen LogP contribution in [0.15, 0.2) is 40.2 Å². The maximum atomic E-state index is 12.3. The Bertz CT molecular complexity index is 693. The second-order valence-corrected chi connectivity index (χ2v) is 6.35. The van der Waals surface area contributed by atoms with E-state index in [4.69, 9.17) is 0 Å². The highest BCUT2D eigenvalue weighted by atomic mass is 79.9. The quantitative estimate of drug-likeness (QED) is 0.787. The number of halogens is 3. The predicted octanol–water partition coefficient (Wildman–Crippen LogP) is 3.19. The number of amides is 2. The van der Waals surface area contributed by atoms with Crippen molar-refractivity contribution in [1.29, 1.82) is 0 Å². The van der Waals surface area contributed by atoms with Crippen LogP contribution >= 0.6 is 27.3 Å². The second-order valence-electron chi connectivity index (χ2n) is 3.89. The van der Waals surface area contributed by atoms with Gasteiger partial charge in [-0.1, -0.05) is 12.1 Å². The van der Waals surface area contributed by atoms with Crippen LogP contribution in [0.2, 0.25) is 0 Å². The van der Waals surface area contributed by atoms with Crippen molar-refractivity contribution in [2.45, 2.75) is 6.61 Å². The van der Waals surface area contributed by atoms with Gasteiger partial charge in [0.25, 0.3) is 11.8 Å². The number of hydrogen-bond donors (Lipinski definition) is 2. The topological polar surface area (TPSA) is 67.4 Å². The van der Waals surface area contributed by atoms with Gasteiger partial charge in [-0.05, 0) is 40.2 Å². The van der Waals surface area contributed by atoms with E-state index in [1.807, 2.05) is 0 Å². The first-order valence-electron chi connectivity index (χ1n) is 5.87. The minimum Gasteiger partial charge on any atom is -0.434 e. The Morgan fingerprint density at radius 1 is 1.09 bits per heavy atom. The number of para-hydroxylation sites is 1. The molecule has 1 aromatic heterocycles. The van der Waals surface area contributed by atoms with Gasteiger partial charge in [0.05, 0.1) is 14.2 Å². The molecule has 0 unspecified atom stereocenters. The fraction of sp³-hybridized carbons (Fsp3) is 0.0769. The summed E-state index contributed by atoms with van der Waals surface area (Å²) in [4.78, 5) is 24.1. The van der Waals surface area contributed by atoms with Crippen LogP contribution in [0.5, 0.6) is 5.75 Å². The van der Waals surface area contributed by atoms with Gasteiger partial charge in [0.1, 0.15) is 5.75 Å². The van der Waals surface area contributed by atoms with E-state index in [1.165, 1.54) is 35.6 Å². The van der Waals surface area contributed by atoms with Crippen LogP contribution in [0.4, 0.5) is 8.78 Å². The van der Waals surface area contributed by atoms with Crippen molar-refractivity contribution in [3.63, 3.8) is 0 Å². The maximum Gasteiger partial charge on any atom is 0.387 e. The summed E-state index contributed by atoms with van der Waals surface area (Å²) in [5, 5.41) is 0. The summed E-state index contributed by atoms with van der Waals surface area (Å²) < 4.78 is 29.6. The first-order valence-corrected chi connectivity index (χ1v) is 7.48. The van der Waals surface area contributed by atoms with Gasteiger partial charge in [-0.15, -0.1) is 11.3 Å². The van der Waals surface area contributed by atoms with Gasteiger partial charge in [0.2, 0.25) is 0 Å². The van der Waals surface area contributed by atoms with Crippen LogP contribution in [0.1, 0.15) is 20.0 Å². The van der Waals surface area contributed by atoms with Crippen molar-refractivity contribution in [2.75, 3.05) is 0 Å². The molecular formula is C13H9BrF2N2O3S. The molecule has 0 aliphatic heterocycles. The Hall–Kier alpha value is -2.00. The first-order chi connectivity index (χ1) is 10.5. The third kappa shape index (κ3) is 4.25. The fourth-order valence-corrected chi connectivity index (χ4v) is 2.81. The predicted molar refractivity (Wildman–Crippen MR) is 80.0 cm³/mol. The fourth-order valence-electron chi connectivity index (χ4n) is 1.53. The van der Waals surface area contributed by atoms with Crippen LogP contribution in [0, 0.1) is 0 Å². The molecule has 0 saturated heterocycles. The lowest BCUT2D eigenvalue weighted by Gasteiger charge is -2.11. The van der Waals surface area contributed by atoms with E-state index in [9.17, 15) is 18.4 Å². The standard InChI is InChI=1S/C13H9BrF2N2O3S/c14-10-6-5-9(22-10)12(20)18-17-11(19)7-3-1-2-4-8(7)21-13(15)16/h1-6,13H,(H,17,19)(H,18,20). The minimum absolute atomic E-state index is 0.115. The molecule has 1 aromatic carbocycles. The molecule has 9 heteroatoms. The summed E-state index contributed by atoms with van der Waals surface area (Å²) >= 11 is 4.40. The van der Waals surface area contributed by atoms with Crippen molar-refractivity contribution >= 4 is 39.1 Å². The minimum atomic E-state index is -3.05. The van der Waals surface area contributed by atoms with E-state index in [2.05, 4.69) is 31.5 Å². The molecule has 0 bridgehead atoms. The SMILES string of the molecule is O=C(NNC(=O)c1ccccc1OC(F)F)c1ccc(Br)s1. The van der Waals surface area contributed by atoms with Crippen molar-refractivity contribution < 1.29 is 23.1 Å². The number of rotatable bonds is 4. The summed E-state index contributed by atoms with van der Waals surface area (Å²) in [6.45, 7) is -3.05. The van der Waals surface area contributed by atoms with Crippen LogP contribution < -0.4 is 15.6 Å². The molecule has 2 rings (SSSR count). The van der Waals surface area contributed by atoms with Gasteiger partial charge in [-0.2, -0.15) is 8.78 Å².